The van der Waals surface area contributed by atoms with Crippen LogP contribution in [0.25, 0.3) is 0 Å². The molecule has 16 heavy (non-hydrogen) atoms. The van der Waals surface area contributed by atoms with Gasteiger partial charge in [0.15, 0.2) is 0 Å². The highest BCUT2D eigenvalue weighted by atomic mass is 16.5. The molecule has 1 heterocycles. The van der Waals surface area contributed by atoms with Crippen LogP contribution in [0.4, 0.5) is 0 Å². The maximum atomic E-state index is 5.16. The summed E-state index contributed by atoms with van der Waals surface area (Å²) in [7, 11) is 1.74. The zero-order chi connectivity index (χ0) is 11.8. The smallest absolute Gasteiger partial charge is 0.0615 e. The van der Waals surface area contributed by atoms with Gasteiger partial charge in [0.05, 0.1) is 12.3 Å². The number of nitrogens with one attached hydrogen (secondary N) is 1. The molecule has 1 aromatic rings. The van der Waals surface area contributed by atoms with E-state index in [2.05, 4.69) is 35.0 Å². The molecule has 0 aliphatic heterocycles. The van der Waals surface area contributed by atoms with Crippen molar-refractivity contribution in [2.45, 2.75) is 45.8 Å². The van der Waals surface area contributed by atoms with Crippen LogP contribution in [0.15, 0.2) is 12.3 Å². The zero-order valence-corrected chi connectivity index (χ0v) is 10.6. The molecule has 4 heteroatoms. The van der Waals surface area contributed by atoms with E-state index in [1.165, 1.54) is 5.69 Å². The Bertz CT molecular complexity index is 286. The number of rotatable bonds is 8. The van der Waals surface area contributed by atoms with Crippen LogP contribution in [-0.2, 0) is 17.8 Å². The van der Waals surface area contributed by atoms with Gasteiger partial charge in [0.2, 0.25) is 0 Å². The van der Waals surface area contributed by atoms with Gasteiger partial charge in [-0.05, 0) is 18.9 Å². The van der Waals surface area contributed by atoms with Crippen molar-refractivity contribution in [1.82, 2.24) is 15.1 Å². The second-order valence-electron chi connectivity index (χ2n) is 3.99. The fraction of sp³-hybridized carbons (Fsp3) is 0.750. The number of hydrogen-bond donors (Lipinski definition) is 1. The van der Waals surface area contributed by atoms with Crippen LogP contribution in [0.3, 0.4) is 0 Å². The predicted octanol–water partition coefficient (Wildman–Crippen LogP) is 1.81. The van der Waals surface area contributed by atoms with Crippen molar-refractivity contribution < 1.29 is 4.74 Å². The highest BCUT2D eigenvalue weighted by molar-refractivity contribution is 5.00. The van der Waals surface area contributed by atoms with Crippen molar-refractivity contribution >= 4 is 0 Å². The molecule has 0 saturated heterocycles. The molecule has 0 aromatic carbocycles. The number of aryl methyl sites for hydroxylation is 1. The number of methoxy groups -OCH3 is 1. The Balaban J connectivity index is 2.43. The van der Waals surface area contributed by atoms with Gasteiger partial charge in [0.25, 0.3) is 0 Å². The minimum Gasteiger partial charge on any atom is -0.383 e. The van der Waals surface area contributed by atoms with Gasteiger partial charge in [0, 0.05) is 32.4 Å². The van der Waals surface area contributed by atoms with E-state index in [0.29, 0.717) is 6.04 Å². The SMILES string of the molecule is CCCn1nccc1CNC(CC)COC. The summed E-state index contributed by atoms with van der Waals surface area (Å²) in [4.78, 5) is 0. The summed E-state index contributed by atoms with van der Waals surface area (Å²) in [6, 6.07) is 2.50. The lowest BCUT2D eigenvalue weighted by Gasteiger charge is -2.16. The van der Waals surface area contributed by atoms with Crippen LogP contribution in [0, 0.1) is 0 Å². The molecule has 1 unspecified atom stereocenters. The molecule has 0 radical (unpaired) electrons. The fourth-order valence-electron chi connectivity index (χ4n) is 1.69. The Hall–Kier alpha value is -0.870. The summed E-state index contributed by atoms with van der Waals surface area (Å²) in [5, 5.41) is 7.79. The third-order valence-corrected chi connectivity index (χ3v) is 2.67. The Morgan fingerprint density at radius 3 is 2.94 bits per heavy atom. The second kappa shape index (κ2) is 7.41. The van der Waals surface area contributed by atoms with Gasteiger partial charge in [0.1, 0.15) is 0 Å². The molecule has 1 N–H and O–H groups in total. The maximum Gasteiger partial charge on any atom is 0.0615 e. The number of nitrogens with zero attached hydrogens (tertiary/aromatic N) is 2. The van der Waals surface area contributed by atoms with Gasteiger partial charge in [-0.2, -0.15) is 5.10 Å². The largest absolute Gasteiger partial charge is 0.383 e. The molecule has 0 fully saturated rings. The molecule has 4 nitrogen and oxygen atoms in total. The molecule has 0 bridgehead atoms. The van der Waals surface area contributed by atoms with Crippen molar-refractivity contribution in [1.29, 1.82) is 0 Å². The van der Waals surface area contributed by atoms with E-state index in [4.69, 9.17) is 4.74 Å². The average molecular weight is 225 g/mol. The number of ether oxygens (including phenoxy) is 1. The standard InChI is InChI=1S/C12H23N3O/c1-4-8-15-12(6-7-14-15)9-13-11(5-2)10-16-3/h6-7,11,13H,4-5,8-10H2,1-3H3. The van der Waals surface area contributed by atoms with E-state index in [-0.39, 0.29) is 0 Å². The van der Waals surface area contributed by atoms with Crippen LogP contribution < -0.4 is 5.32 Å². The van der Waals surface area contributed by atoms with Gasteiger partial charge in [-0.3, -0.25) is 4.68 Å². The molecule has 92 valence electrons. The van der Waals surface area contributed by atoms with Crippen LogP contribution in [0.1, 0.15) is 32.4 Å². The van der Waals surface area contributed by atoms with Gasteiger partial charge >= 0.3 is 0 Å². The molecule has 0 saturated carbocycles. The Morgan fingerprint density at radius 1 is 1.50 bits per heavy atom. The summed E-state index contributed by atoms with van der Waals surface area (Å²) < 4.78 is 7.22. The second-order valence-corrected chi connectivity index (χ2v) is 3.99. The van der Waals surface area contributed by atoms with Crippen LogP contribution in [0.2, 0.25) is 0 Å². The van der Waals surface area contributed by atoms with E-state index in [9.17, 15) is 0 Å². The van der Waals surface area contributed by atoms with Crippen molar-refractivity contribution in [2.75, 3.05) is 13.7 Å². The fourth-order valence-corrected chi connectivity index (χ4v) is 1.69. The first-order chi connectivity index (χ1) is 7.81. The predicted molar refractivity (Wildman–Crippen MR) is 65.3 cm³/mol. The number of aromatic nitrogens is 2. The van der Waals surface area contributed by atoms with E-state index < -0.39 is 0 Å². The summed E-state index contributed by atoms with van der Waals surface area (Å²) in [6.45, 7) is 6.95. The minimum absolute atomic E-state index is 0.426. The molecular weight excluding hydrogens is 202 g/mol. The Labute approximate surface area is 98.0 Å². The number of hydrogen-bond acceptors (Lipinski definition) is 3. The summed E-state index contributed by atoms with van der Waals surface area (Å²) >= 11 is 0. The molecule has 0 aliphatic carbocycles. The normalized spacial score (nSPS) is 12.9. The average Bonchev–Trinajstić information content (AvgIpc) is 2.72. The molecule has 1 atom stereocenters. The van der Waals surface area contributed by atoms with Crippen molar-refractivity contribution in [3.8, 4) is 0 Å². The van der Waals surface area contributed by atoms with E-state index >= 15 is 0 Å². The molecule has 0 aliphatic rings. The monoisotopic (exact) mass is 225 g/mol. The lowest BCUT2D eigenvalue weighted by atomic mass is 10.2. The van der Waals surface area contributed by atoms with Crippen molar-refractivity contribution in [3.63, 3.8) is 0 Å². The maximum absolute atomic E-state index is 5.16. The summed E-state index contributed by atoms with van der Waals surface area (Å²) in [6.07, 6.45) is 4.06. The Kier molecular flexibility index (Phi) is 6.11. The van der Waals surface area contributed by atoms with E-state index in [1.54, 1.807) is 7.11 Å². The van der Waals surface area contributed by atoms with E-state index in [1.807, 2.05) is 6.20 Å². The third kappa shape index (κ3) is 3.94. The van der Waals surface area contributed by atoms with Crippen LogP contribution >= 0.6 is 0 Å². The van der Waals surface area contributed by atoms with Crippen molar-refractivity contribution in [2.24, 2.45) is 0 Å². The van der Waals surface area contributed by atoms with Crippen LogP contribution in [0.5, 0.6) is 0 Å². The summed E-state index contributed by atoms with van der Waals surface area (Å²) in [5.41, 5.74) is 1.25. The highest BCUT2D eigenvalue weighted by Gasteiger charge is 2.07. The lowest BCUT2D eigenvalue weighted by molar-refractivity contribution is 0.163. The van der Waals surface area contributed by atoms with Gasteiger partial charge in [-0.25, -0.2) is 0 Å². The molecule has 0 amide bonds. The topological polar surface area (TPSA) is 39.1 Å². The first kappa shape index (κ1) is 13.2. The van der Waals surface area contributed by atoms with Gasteiger partial charge < -0.3 is 10.1 Å². The first-order valence-corrected chi connectivity index (χ1v) is 6.04. The minimum atomic E-state index is 0.426. The lowest BCUT2D eigenvalue weighted by Crippen LogP contribution is -2.32. The van der Waals surface area contributed by atoms with Gasteiger partial charge in [-0.1, -0.05) is 13.8 Å². The third-order valence-electron chi connectivity index (χ3n) is 2.67. The molecule has 0 spiro atoms. The van der Waals surface area contributed by atoms with Gasteiger partial charge in [-0.15, -0.1) is 0 Å². The Morgan fingerprint density at radius 2 is 2.31 bits per heavy atom. The molecule has 1 aromatic heterocycles. The molecule has 1 rings (SSSR count). The first-order valence-electron chi connectivity index (χ1n) is 6.04. The van der Waals surface area contributed by atoms with Crippen molar-refractivity contribution in [3.05, 3.63) is 18.0 Å². The highest BCUT2D eigenvalue weighted by Crippen LogP contribution is 2.01. The quantitative estimate of drug-likeness (QED) is 0.733. The van der Waals surface area contributed by atoms with E-state index in [0.717, 1.165) is 32.5 Å². The molecular formula is C12H23N3O. The summed E-state index contributed by atoms with van der Waals surface area (Å²) in [5.74, 6) is 0. The zero-order valence-electron chi connectivity index (χ0n) is 10.6. The van der Waals surface area contributed by atoms with Crippen LogP contribution in [-0.4, -0.2) is 29.5 Å².